The predicted octanol–water partition coefficient (Wildman–Crippen LogP) is 2.54. The topological polar surface area (TPSA) is 35.5 Å². The molecule has 1 aliphatic rings. The molecule has 1 atom stereocenters. The molecule has 0 aliphatic carbocycles. The van der Waals surface area contributed by atoms with Gasteiger partial charge in [0.25, 0.3) is 0 Å². The summed E-state index contributed by atoms with van der Waals surface area (Å²) < 4.78 is 11.1. The van der Waals surface area contributed by atoms with Gasteiger partial charge in [-0.15, -0.1) is 0 Å². The maximum Gasteiger partial charge on any atom is 0.158 e. The summed E-state index contributed by atoms with van der Waals surface area (Å²) in [6.07, 6.45) is 4.03. The fraction of sp³-hybridized carbons (Fsp3) is 0.462. The third kappa shape index (κ3) is 3.15. The van der Waals surface area contributed by atoms with Crippen molar-refractivity contribution in [2.24, 2.45) is 0 Å². The summed E-state index contributed by atoms with van der Waals surface area (Å²) >= 11 is 0. The number of carbonyl (C=O) groups is 1. The Labute approximate surface area is 95.4 Å². The van der Waals surface area contributed by atoms with E-state index in [1.54, 1.807) is 6.07 Å². The van der Waals surface area contributed by atoms with Gasteiger partial charge < -0.3 is 9.47 Å². The van der Waals surface area contributed by atoms with Gasteiger partial charge in [0.05, 0.1) is 6.61 Å². The molecule has 1 heterocycles. The summed E-state index contributed by atoms with van der Waals surface area (Å²) in [7, 11) is 0. The minimum absolute atomic E-state index is 0.0753. The van der Waals surface area contributed by atoms with Crippen LogP contribution in [0.5, 0.6) is 0 Å². The van der Waals surface area contributed by atoms with Crippen molar-refractivity contribution in [3.05, 3.63) is 35.4 Å². The molecule has 1 unspecified atom stereocenters. The summed E-state index contributed by atoms with van der Waals surface area (Å²) in [6.45, 7) is 1.30. The van der Waals surface area contributed by atoms with Gasteiger partial charge in [-0.25, -0.2) is 0 Å². The lowest BCUT2D eigenvalue weighted by atomic mass is 10.1. The van der Waals surface area contributed by atoms with Gasteiger partial charge in [0.2, 0.25) is 0 Å². The monoisotopic (exact) mass is 220 g/mol. The summed E-state index contributed by atoms with van der Waals surface area (Å²) in [5.74, 6) is 0. The van der Waals surface area contributed by atoms with E-state index < -0.39 is 0 Å². The highest BCUT2D eigenvalue weighted by Gasteiger charge is 2.13. The zero-order valence-electron chi connectivity index (χ0n) is 9.22. The standard InChI is InChI=1S/C13H16O3/c14-9-11-4-3-5-12(8-11)10-16-13-6-1-2-7-15-13/h3-5,8-9,13H,1-2,6-7,10H2. The van der Waals surface area contributed by atoms with Crippen LogP contribution in [-0.2, 0) is 16.1 Å². The summed E-state index contributed by atoms with van der Waals surface area (Å²) in [4.78, 5) is 10.6. The first-order valence-corrected chi connectivity index (χ1v) is 5.66. The van der Waals surface area contributed by atoms with Crippen LogP contribution in [0.25, 0.3) is 0 Å². The first kappa shape index (κ1) is 11.3. The first-order chi connectivity index (χ1) is 7.88. The highest BCUT2D eigenvalue weighted by atomic mass is 16.7. The maximum absolute atomic E-state index is 10.6. The Hall–Kier alpha value is -1.19. The molecular formula is C13H16O3. The molecule has 86 valence electrons. The Balaban J connectivity index is 1.85. The lowest BCUT2D eigenvalue weighted by Gasteiger charge is -2.22. The Morgan fingerprint density at radius 2 is 2.38 bits per heavy atom. The smallest absolute Gasteiger partial charge is 0.158 e. The van der Waals surface area contributed by atoms with Crippen LogP contribution in [0.4, 0.5) is 0 Å². The minimum atomic E-state index is -0.0753. The fourth-order valence-electron chi connectivity index (χ4n) is 1.79. The molecule has 1 aromatic rings. The zero-order valence-corrected chi connectivity index (χ0v) is 9.22. The number of ether oxygens (including phenoxy) is 2. The van der Waals surface area contributed by atoms with Crippen LogP contribution < -0.4 is 0 Å². The van der Waals surface area contributed by atoms with Crippen LogP contribution in [0.1, 0.15) is 35.2 Å². The summed E-state index contributed by atoms with van der Waals surface area (Å²) in [6, 6.07) is 7.45. The molecule has 16 heavy (non-hydrogen) atoms. The molecule has 0 N–H and O–H groups in total. The number of hydrogen-bond acceptors (Lipinski definition) is 3. The summed E-state index contributed by atoms with van der Waals surface area (Å²) in [5.41, 5.74) is 1.70. The highest BCUT2D eigenvalue weighted by Crippen LogP contribution is 2.15. The van der Waals surface area contributed by atoms with Gasteiger partial charge in [-0.1, -0.05) is 18.2 Å². The van der Waals surface area contributed by atoms with Crippen molar-refractivity contribution in [3.8, 4) is 0 Å². The van der Waals surface area contributed by atoms with Crippen molar-refractivity contribution in [2.45, 2.75) is 32.2 Å². The summed E-state index contributed by atoms with van der Waals surface area (Å²) in [5, 5.41) is 0. The van der Waals surface area contributed by atoms with Gasteiger partial charge in [0, 0.05) is 12.2 Å². The quantitative estimate of drug-likeness (QED) is 0.731. The molecule has 2 rings (SSSR count). The van der Waals surface area contributed by atoms with Crippen molar-refractivity contribution in [1.29, 1.82) is 0 Å². The van der Waals surface area contributed by atoms with E-state index in [1.807, 2.05) is 18.2 Å². The van der Waals surface area contributed by atoms with Crippen LogP contribution in [0, 0.1) is 0 Å². The molecule has 0 radical (unpaired) electrons. The number of rotatable bonds is 4. The van der Waals surface area contributed by atoms with Crippen molar-refractivity contribution >= 4 is 6.29 Å². The van der Waals surface area contributed by atoms with E-state index in [2.05, 4.69) is 0 Å². The van der Waals surface area contributed by atoms with E-state index >= 15 is 0 Å². The molecule has 0 aromatic heterocycles. The van der Waals surface area contributed by atoms with Gasteiger partial charge in [-0.05, 0) is 30.9 Å². The molecule has 0 bridgehead atoms. The van der Waals surface area contributed by atoms with E-state index in [0.29, 0.717) is 12.2 Å². The molecule has 1 fully saturated rings. The lowest BCUT2D eigenvalue weighted by Crippen LogP contribution is -2.22. The Morgan fingerprint density at radius 3 is 3.12 bits per heavy atom. The van der Waals surface area contributed by atoms with Gasteiger partial charge in [-0.2, -0.15) is 0 Å². The SMILES string of the molecule is O=Cc1cccc(COC2CCCCO2)c1. The molecule has 0 amide bonds. The van der Waals surface area contributed by atoms with E-state index in [4.69, 9.17) is 9.47 Å². The van der Waals surface area contributed by atoms with Crippen molar-refractivity contribution in [3.63, 3.8) is 0 Å². The van der Waals surface area contributed by atoms with E-state index in [0.717, 1.165) is 31.3 Å². The third-order valence-electron chi connectivity index (χ3n) is 2.66. The van der Waals surface area contributed by atoms with Gasteiger partial charge in [-0.3, -0.25) is 4.79 Å². The molecule has 3 nitrogen and oxygen atoms in total. The van der Waals surface area contributed by atoms with E-state index in [1.165, 1.54) is 6.42 Å². The number of hydrogen-bond donors (Lipinski definition) is 0. The van der Waals surface area contributed by atoms with E-state index in [-0.39, 0.29) is 6.29 Å². The Bertz CT molecular complexity index is 343. The van der Waals surface area contributed by atoms with Crippen molar-refractivity contribution < 1.29 is 14.3 Å². The molecule has 3 heteroatoms. The van der Waals surface area contributed by atoms with Gasteiger partial charge in [0.1, 0.15) is 6.29 Å². The Morgan fingerprint density at radius 1 is 1.44 bits per heavy atom. The molecule has 0 saturated carbocycles. The highest BCUT2D eigenvalue weighted by molar-refractivity contribution is 5.74. The van der Waals surface area contributed by atoms with Crippen molar-refractivity contribution in [1.82, 2.24) is 0 Å². The van der Waals surface area contributed by atoms with Gasteiger partial charge in [0.15, 0.2) is 6.29 Å². The average molecular weight is 220 g/mol. The van der Waals surface area contributed by atoms with Crippen LogP contribution in [-0.4, -0.2) is 19.2 Å². The average Bonchev–Trinajstić information content (AvgIpc) is 2.38. The number of benzene rings is 1. The second-order valence-corrected chi connectivity index (χ2v) is 3.97. The van der Waals surface area contributed by atoms with Gasteiger partial charge >= 0.3 is 0 Å². The fourth-order valence-corrected chi connectivity index (χ4v) is 1.79. The largest absolute Gasteiger partial charge is 0.353 e. The number of aldehydes is 1. The third-order valence-corrected chi connectivity index (χ3v) is 2.66. The minimum Gasteiger partial charge on any atom is -0.353 e. The van der Waals surface area contributed by atoms with Crippen LogP contribution in [0.2, 0.25) is 0 Å². The molecule has 1 saturated heterocycles. The Kier molecular flexibility index (Phi) is 4.08. The van der Waals surface area contributed by atoms with Crippen molar-refractivity contribution in [2.75, 3.05) is 6.61 Å². The van der Waals surface area contributed by atoms with Crippen LogP contribution >= 0.6 is 0 Å². The van der Waals surface area contributed by atoms with Crippen LogP contribution in [0.3, 0.4) is 0 Å². The first-order valence-electron chi connectivity index (χ1n) is 5.66. The lowest BCUT2D eigenvalue weighted by molar-refractivity contribution is -0.168. The molecule has 0 spiro atoms. The molecule has 1 aliphatic heterocycles. The molecular weight excluding hydrogens is 204 g/mol. The van der Waals surface area contributed by atoms with E-state index in [9.17, 15) is 4.79 Å². The second-order valence-electron chi connectivity index (χ2n) is 3.97. The normalized spacial score (nSPS) is 20.6. The zero-order chi connectivity index (χ0) is 11.2. The van der Waals surface area contributed by atoms with Crippen LogP contribution in [0.15, 0.2) is 24.3 Å². The predicted molar refractivity (Wildman–Crippen MR) is 60.2 cm³/mol. The maximum atomic E-state index is 10.6. The number of carbonyl (C=O) groups excluding carboxylic acids is 1. The molecule has 1 aromatic carbocycles. The second kappa shape index (κ2) is 5.77.